The summed E-state index contributed by atoms with van der Waals surface area (Å²) in [5.74, 6) is 0.798. The molecule has 0 atom stereocenters. The molecule has 0 radical (unpaired) electrons. The van der Waals surface area contributed by atoms with Crippen LogP contribution in [0, 0.1) is 0 Å². The average molecular weight is 287 g/mol. The molecule has 0 aliphatic rings. The van der Waals surface area contributed by atoms with Gasteiger partial charge < -0.3 is 5.32 Å². The van der Waals surface area contributed by atoms with Crippen LogP contribution in [0.4, 0.5) is 0 Å². The summed E-state index contributed by atoms with van der Waals surface area (Å²) in [6, 6.07) is 4.36. The van der Waals surface area contributed by atoms with Crippen LogP contribution in [0.5, 0.6) is 0 Å². The highest BCUT2D eigenvalue weighted by molar-refractivity contribution is 5.33. The van der Waals surface area contributed by atoms with Gasteiger partial charge in [-0.25, -0.2) is 4.68 Å². The van der Waals surface area contributed by atoms with E-state index in [1.807, 2.05) is 16.8 Å². The van der Waals surface area contributed by atoms with Gasteiger partial charge in [0.2, 0.25) is 0 Å². The maximum Gasteiger partial charge on any atom is 0.175 e. The molecule has 5 nitrogen and oxygen atoms in total. The van der Waals surface area contributed by atoms with Gasteiger partial charge in [0.25, 0.3) is 0 Å². The number of hydrogen-bond acceptors (Lipinski definition) is 4. The first-order chi connectivity index (χ1) is 10.2. The molecule has 2 aromatic heterocycles. The number of aryl methyl sites for hydroxylation is 1. The number of nitrogens with zero attached hydrogens (tertiary/aromatic N) is 4. The van der Waals surface area contributed by atoms with E-state index >= 15 is 0 Å². The Labute approximate surface area is 126 Å². The fourth-order valence-electron chi connectivity index (χ4n) is 2.55. The number of rotatable bonds is 7. The van der Waals surface area contributed by atoms with Crippen molar-refractivity contribution in [2.45, 2.75) is 53.0 Å². The Bertz CT molecular complexity index is 560. The van der Waals surface area contributed by atoms with Gasteiger partial charge in [0, 0.05) is 17.9 Å². The van der Waals surface area contributed by atoms with E-state index in [1.54, 1.807) is 6.20 Å². The minimum Gasteiger partial charge on any atom is -0.314 e. The molecular formula is C16H25N5. The molecule has 0 bridgehead atoms. The van der Waals surface area contributed by atoms with Crippen LogP contribution in [0.3, 0.4) is 0 Å². The largest absolute Gasteiger partial charge is 0.314 e. The smallest absolute Gasteiger partial charge is 0.175 e. The van der Waals surface area contributed by atoms with E-state index in [0.717, 1.165) is 31.6 Å². The minimum atomic E-state index is 0.509. The molecule has 0 saturated carbocycles. The Hall–Kier alpha value is -1.75. The molecule has 0 aromatic carbocycles. The van der Waals surface area contributed by atoms with Crippen molar-refractivity contribution in [3.05, 3.63) is 35.3 Å². The SMILES string of the molecule is CCc1nn(-c2cccnn2)c(CC)c1CCNC(C)C. The molecule has 2 heterocycles. The van der Waals surface area contributed by atoms with E-state index in [-0.39, 0.29) is 0 Å². The van der Waals surface area contributed by atoms with Gasteiger partial charge >= 0.3 is 0 Å². The standard InChI is InChI=1S/C16H25N5/c1-5-14-13(9-11-17-12(3)4)15(6-2)21(20-14)16-8-7-10-18-19-16/h7-8,10,12,17H,5-6,9,11H2,1-4H3. The normalized spacial score (nSPS) is 11.3. The van der Waals surface area contributed by atoms with Crippen LogP contribution in [-0.4, -0.2) is 32.6 Å². The molecular weight excluding hydrogens is 262 g/mol. The van der Waals surface area contributed by atoms with Gasteiger partial charge in [0.1, 0.15) is 0 Å². The van der Waals surface area contributed by atoms with Crippen LogP contribution < -0.4 is 5.32 Å². The van der Waals surface area contributed by atoms with Gasteiger partial charge in [-0.2, -0.15) is 10.2 Å². The van der Waals surface area contributed by atoms with Gasteiger partial charge in [0.15, 0.2) is 5.82 Å². The first kappa shape index (κ1) is 15.6. The molecule has 114 valence electrons. The zero-order chi connectivity index (χ0) is 15.2. The van der Waals surface area contributed by atoms with Crippen molar-refractivity contribution in [2.24, 2.45) is 0 Å². The van der Waals surface area contributed by atoms with Gasteiger partial charge in [-0.15, -0.1) is 5.10 Å². The van der Waals surface area contributed by atoms with Crippen molar-refractivity contribution in [1.82, 2.24) is 25.3 Å². The van der Waals surface area contributed by atoms with Crippen LogP contribution in [0.25, 0.3) is 5.82 Å². The fraction of sp³-hybridized carbons (Fsp3) is 0.562. The summed E-state index contributed by atoms with van der Waals surface area (Å²) in [6.07, 6.45) is 4.58. The highest BCUT2D eigenvalue weighted by Gasteiger charge is 2.17. The second-order valence-electron chi connectivity index (χ2n) is 5.43. The monoisotopic (exact) mass is 287 g/mol. The molecule has 0 saturated heterocycles. The lowest BCUT2D eigenvalue weighted by Gasteiger charge is -2.09. The Morgan fingerprint density at radius 3 is 2.62 bits per heavy atom. The molecule has 2 aromatic rings. The van der Waals surface area contributed by atoms with Crippen LogP contribution in [0.1, 0.15) is 44.6 Å². The van der Waals surface area contributed by atoms with Crippen LogP contribution in [0.15, 0.2) is 18.3 Å². The zero-order valence-corrected chi connectivity index (χ0v) is 13.4. The van der Waals surface area contributed by atoms with Gasteiger partial charge in [0.05, 0.1) is 5.69 Å². The van der Waals surface area contributed by atoms with Crippen molar-refractivity contribution in [3.63, 3.8) is 0 Å². The molecule has 0 fully saturated rings. The second kappa shape index (κ2) is 7.31. The lowest BCUT2D eigenvalue weighted by atomic mass is 10.1. The predicted octanol–water partition coefficient (Wildman–Crippen LogP) is 2.33. The van der Waals surface area contributed by atoms with Crippen LogP contribution in [0.2, 0.25) is 0 Å². The fourth-order valence-corrected chi connectivity index (χ4v) is 2.55. The summed E-state index contributed by atoms with van der Waals surface area (Å²) in [7, 11) is 0. The molecule has 21 heavy (non-hydrogen) atoms. The summed E-state index contributed by atoms with van der Waals surface area (Å²) >= 11 is 0. The lowest BCUT2D eigenvalue weighted by molar-refractivity contribution is 0.588. The Morgan fingerprint density at radius 1 is 1.24 bits per heavy atom. The quantitative estimate of drug-likeness (QED) is 0.849. The summed E-state index contributed by atoms with van der Waals surface area (Å²) < 4.78 is 1.95. The van der Waals surface area contributed by atoms with Crippen molar-refractivity contribution < 1.29 is 0 Å². The van der Waals surface area contributed by atoms with Gasteiger partial charge in [-0.3, -0.25) is 0 Å². The number of nitrogens with one attached hydrogen (secondary N) is 1. The zero-order valence-electron chi connectivity index (χ0n) is 13.4. The average Bonchev–Trinajstić information content (AvgIpc) is 2.85. The van der Waals surface area contributed by atoms with E-state index < -0.39 is 0 Å². The Balaban J connectivity index is 2.33. The van der Waals surface area contributed by atoms with Crippen molar-refractivity contribution in [2.75, 3.05) is 6.54 Å². The van der Waals surface area contributed by atoms with Crippen LogP contribution >= 0.6 is 0 Å². The third-order valence-electron chi connectivity index (χ3n) is 3.55. The highest BCUT2D eigenvalue weighted by atomic mass is 15.3. The van der Waals surface area contributed by atoms with Crippen molar-refractivity contribution in [1.29, 1.82) is 0 Å². The van der Waals surface area contributed by atoms with E-state index in [2.05, 4.69) is 43.2 Å². The molecule has 1 N–H and O–H groups in total. The topological polar surface area (TPSA) is 55.6 Å². The lowest BCUT2D eigenvalue weighted by Crippen LogP contribution is -2.25. The van der Waals surface area contributed by atoms with Crippen molar-refractivity contribution in [3.8, 4) is 5.82 Å². The maximum atomic E-state index is 4.75. The first-order valence-electron chi connectivity index (χ1n) is 7.78. The summed E-state index contributed by atoms with van der Waals surface area (Å²) in [5.41, 5.74) is 3.78. The molecule has 0 amide bonds. The van der Waals surface area contributed by atoms with Crippen LogP contribution in [-0.2, 0) is 19.3 Å². The van der Waals surface area contributed by atoms with E-state index in [0.29, 0.717) is 6.04 Å². The van der Waals surface area contributed by atoms with E-state index in [4.69, 9.17) is 5.10 Å². The third-order valence-corrected chi connectivity index (χ3v) is 3.55. The van der Waals surface area contributed by atoms with Gasteiger partial charge in [-0.1, -0.05) is 27.7 Å². The second-order valence-corrected chi connectivity index (χ2v) is 5.43. The summed E-state index contributed by atoms with van der Waals surface area (Å²) in [5, 5.41) is 16.4. The maximum absolute atomic E-state index is 4.75. The third kappa shape index (κ3) is 3.67. The predicted molar refractivity (Wildman–Crippen MR) is 84.8 cm³/mol. The van der Waals surface area contributed by atoms with Gasteiger partial charge in [-0.05, 0) is 43.5 Å². The molecule has 0 aliphatic carbocycles. The molecule has 0 unspecified atom stereocenters. The molecule has 2 rings (SSSR count). The highest BCUT2D eigenvalue weighted by Crippen LogP contribution is 2.19. The molecule has 5 heteroatoms. The number of hydrogen-bond donors (Lipinski definition) is 1. The minimum absolute atomic E-state index is 0.509. The van der Waals surface area contributed by atoms with E-state index in [1.165, 1.54) is 17.0 Å². The first-order valence-corrected chi connectivity index (χ1v) is 7.78. The summed E-state index contributed by atoms with van der Waals surface area (Å²) in [4.78, 5) is 0. The number of aromatic nitrogens is 4. The van der Waals surface area contributed by atoms with E-state index in [9.17, 15) is 0 Å². The molecule has 0 spiro atoms. The Morgan fingerprint density at radius 2 is 2.05 bits per heavy atom. The van der Waals surface area contributed by atoms with Crippen molar-refractivity contribution >= 4 is 0 Å². The summed E-state index contributed by atoms with van der Waals surface area (Å²) in [6.45, 7) is 9.64. The Kier molecular flexibility index (Phi) is 5.44. The molecule has 0 aliphatic heterocycles.